The number of aromatic nitrogens is 1. The molecule has 0 spiro atoms. The van der Waals surface area contributed by atoms with E-state index < -0.39 is 0 Å². The summed E-state index contributed by atoms with van der Waals surface area (Å²) in [6, 6.07) is 5.67. The van der Waals surface area contributed by atoms with E-state index in [0.29, 0.717) is 5.75 Å². The lowest BCUT2D eigenvalue weighted by Gasteiger charge is -2.17. The third-order valence-corrected chi connectivity index (χ3v) is 1.81. The molecule has 0 unspecified atom stereocenters. The molecule has 0 N–H and O–H groups in total. The summed E-state index contributed by atoms with van der Waals surface area (Å²) < 4.78 is 5.10. The average Bonchev–Trinajstić information content (AvgIpc) is 2.14. The van der Waals surface area contributed by atoms with Crippen LogP contribution < -0.4 is 4.74 Å². The van der Waals surface area contributed by atoms with Crippen LogP contribution in [0.3, 0.4) is 0 Å². The Balaban J connectivity index is 2.75. The van der Waals surface area contributed by atoms with Gasteiger partial charge in [0.15, 0.2) is 6.61 Å². The molecule has 0 bridgehead atoms. The molecule has 3 nitrogen and oxygen atoms in total. The molecule has 0 aliphatic carbocycles. The van der Waals surface area contributed by atoms with E-state index in [4.69, 9.17) is 10.00 Å². The highest BCUT2D eigenvalue weighted by molar-refractivity contribution is 5.23. The smallest absolute Gasteiger partial charge is 0.174 e. The topological polar surface area (TPSA) is 45.9 Å². The van der Waals surface area contributed by atoms with Crippen LogP contribution >= 0.6 is 0 Å². The molecule has 3 heteroatoms. The van der Waals surface area contributed by atoms with Crippen molar-refractivity contribution in [2.75, 3.05) is 6.61 Å². The van der Waals surface area contributed by atoms with Crippen molar-refractivity contribution in [1.82, 2.24) is 4.98 Å². The molecule has 0 fully saturated rings. The van der Waals surface area contributed by atoms with Crippen LogP contribution in [0, 0.1) is 11.3 Å². The highest BCUT2D eigenvalue weighted by Gasteiger charge is 2.14. The summed E-state index contributed by atoms with van der Waals surface area (Å²) in [7, 11) is 0. The van der Waals surface area contributed by atoms with Crippen LogP contribution in [-0.2, 0) is 5.41 Å². The highest BCUT2D eigenvalue weighted by atomic mass is 16.5. The predicted molar refractivity (Wildman–Crippen MR) is 54.0 cm³/mol. The molecule has 0 saturated carbocycles. The first kappa shape index (κ1) is 10.5. The SMILES string of the molecule is CC(C)(C)c1ccc(OCC#N)cn1. The van der Waals surface area contributed by atoms with Crippen LogP contribution in [0.15, 0.2) is 18.3 Å². The summed E-state index contributed by atoms with van der Waals surface area (Å²) in [6.45, 7) is 6.37. The Morgan fingerprint density at radius 1 is 1.43 bits per heavy atom. The van der Waals surface area contributed by atoms with Gasteiger partial charge in [-0.2, -0.15) is 5.26 Å². The van der Waals surface area contributed by atoms with E-state index in [-0.39, 0.29) is 12.0 Å². The highest BCUT2D eigenvalue weighted by Crippen LogP contribution is 2.21. The lowest BCUT2D eigenvalue weighted by molar-refractivity contribution is 0.365. The molecule has 1 aromatic rings. The molecule has 0 radical (unpaired) electrons. The first-order chi connectivity index (χ1) is 6.54. The molecular weight excluding hydrogens is 176 g/mol. The third kappa shape index (κ3) is 2.74. The summed E-state index contributed by atoms with van der Waals surface area (Å²) in [6.07, 6.45) is 1.65. The van der Waals surface area contributed by atoms with Gasteiger partial charge in [-0.3, -0.25) is 4.98 Å². The lowest BCUT2D eigenvalue weighted by atomic mass is 9.92. The van der Waals surface area contributed by atoms with Gasteiger partial charge in [-0.05, 0) is 12.1 Å². The fourth-order valence-electron chi connectivity index (χ4n) is 1.02. The molecule has 0 amide bonds. The van der Waals surface area contributed by atoms with E-state index >= 15 is 0 Å². The number of nitriles is 1. The fourth-order valence-corrected chi connectivity index (χ4v) is 1.02. The molecule has 0 aromatic carbocycles. The maximum Gasteiger partial charge on any atom is 0.174 e. The van der Waals surface area contributed by atoms with Gasteiger partial charge < -0.3 is 4.74 Å². The molecule has 0 aliphatic rings. The normalized spacial score (nSPS) is 10.7. The number of hydrogen-bond acceptors (Lipinski definition) is 3. The van der Waals surface area contributed by atoms with Gasteiger partial charge in [-0.1, -0.05) is 20.8 Å². The van der Waals surface area contributed by atoms with Gasteiger partial charge in [0.25, 0.3) is 0 Å². The Morgan fingerprint density at radius 3 is 2.57 bits per heavy atom. The van der Waals surface area contributed by atoms with Gasteiger partial charge in [0.05, 0.1) is 6.20 Å². The Kier molecular flexibility index (Phi) is 3.08. The van der Waals surface area contributed by atoms with E-state index in [9.17, 15) is 0 Å². The Bertz CT molecular complexity index is 330. The average molecular weight is 190 g/mol. The fraction of sp³-hybridized carbons (Fsp3) is 0.455. The molecule has 0 aliphatic heterocycles. The quantitative estimate of drug-likeness (QED) is 0.718. The minimum atomic E-state index is 0.0494. The predicted octanol–water partition coefficient (Wildman–Crippen LogP) is 2.28. The number of hydrogen-bond donors (Lipinski definition) is 0. The standard InChI is InChI=1S/C11H14N2O/c1-11(2,3)10-5-4-9(8-13-10)14-7-6-12/h4-5,8H,7H2,1-3H3. The van der Waals surface area contributed by atoms with Gasteiger partial charge in [-0.15, -0.1) is 0 Å². The van der Waals surface area contributed by atoms with Crippen molar-refractivity contribution >= 4 is 0 Å². The van der Waals surface area contributed by atoms with Crippen molar-refractivity contribution in [3.63, 3.8) is 0 Å². The Hall–Kier alpha value is -1.56. The van der Waals surface area contributed by atoms with Crippen LogP contribution in [0.2, 0.25) is 0 Å². The largest absolute Gasteiger partial charge is 0.477 e. The summed E-state index contributed by atoms with van der Waals surface area (Å²) in [5, 5.41) is 8.32. The van der Waals surface area contributed by atoms with Crippen LogP contribution in [0.25, 0.3) is 0 Å². The van der Waals surface area contributed by atoms with Crippen molar-refractivity contribution in [1.29, 1.82) is 5.26 Å². The van der Waals surface area contributed by atoms with Gasteiger partial charge in [0.1, 0.15) is 11.8 Å². The van der Waals surface area contributed by atoms with Crippen molar-refractivity contribution in [3.8, 4) is 11.8 Å². The minimum Gasteiger partial charge on any atom is -0.477 e. The van der Waals surface area contributed by atoms with E-state index in [0.717, 1.165) is 5.69 Å². The summed E-state index contributed by atoms with van der Waals surface area (Å²) >= 11 is 0. The molecule has 1 aromatic heterocycles. The number of rotatable bonds is 2. The van der Waals surface area contributed by atoms with Crippen LogP contribution in [0.5, 0.6) is 5.75 Å². The van der Waals surface area contributed by atoms with Gasteiger partial charge >= 0.3 is 0 Å². The second kappa shape index (κ2) is 4.10. The molecule has 0 saturated heterocycles. The number of pyridine rings is 1. The summed E-state index contributed by atoms with van der Waals surface area (Å²) in [4.78, 5) is 4.27. The van der Waals surface area contributed by atoms with Crippen LogP contribution in [0.1, 0.15) is 26.5 Å². The molecule has 0 atom stereocenters. The second-order valence-electron chi connectivity index (χ2n) is 4.08. The van der Waals surface area contributed by atoms with Crippen molar-refractivity contribution in [2.45, 2.75) is 26.2 Å². The zero-order valence-corrected chi connectivity index (χ0v) is 8.74. The first-order valence-corrected chi connectivity index (χ1v) is 4.50. The van der Waals surface area contributed by atoms with Crippen LogP contribution in [0.4, 0.5) is 0 Å². The van der Waals surface area contributed by atoms with Crippen LogP contribution in [-0.4, -0.2) is 11.6 Å². The van der Waals surface area contributed by atoms with E-state index in [1.807, 2.05) is 18.2 Å². The number of ether oxygens (including phenoxy) is 1. The molecular formula is C11H14N2O. The minimum absolute atomic E-state index is 0.0494. The van der Waals surface area contributed by atoms with Crippen molar-refractivity contribution < 1.29 is 4.74 Å². The Morgan fingerprint density at radius 2 is 2.14 bits per heavy atom. The number of nitrogens with zero attached hydrogens (tertiary/aromatic N) is 2. The molecule has 14 heavy (non-hydrogen) atoms. The molecule has 74 valence electrons. The van der Waals surface area contributed by atoms with E-state index in [1.165, 1.54) is 0 Å². The first-order valence-electron chi connectivity index (χ1n) is 4.50. The Labute approximate surface area is 84.3 Å². The van der Waals surface area contributed by atoms with Gasteiger partial charge in [-0.25, -0.2) is 0 Å². The van der Waals surface area contributed by atoms with Gasteiger partial charge in [0.2, 0.25) is 0 Å². The second-order valence-corrected chi connectivity index (χ2v) is 4.08. The monoisotopic (exact) mass is 190 g/mol. The third-order valence-electron chi connectivity index (χ3n) is 1.81. The van der Waals surface area contributed by atoms with E-state index in [1.54, 1.807) is 6.20 Å². The summed E-state index contributed by atoms with van der Waals surface area (Å²) in [5.41, 5.74) is 1.06. The maximum absolute atomic E-state index is 8.32. The summed E-state index contributed by atoms with van der Waals surface area (Å²) in [5.74, 6) is 0.638. The lowest BCUT2D eigenvalue weighted by Crippen LogP contribution is -2.13. The molecule has 1 heterocycles. The van der Waals surface area contributed by atoms with Gasteiger partial charge in [0, 0.05) is 11.1 Å². The van der Waals surface area contributed by atoms with Crippen molar-refractivity contribution in [3.05, 3.63) is 24.0 Å². The zero-order chi connectivity index (χ0) is 10.6. The van der Waals surface area contributed by atoms with Crippen molar-refractivity contribution in [2.24, 2.45) is 0 Å². The zero-order valence-electron chi connectivity index (χ0n) is 8.74. The molecule has 1 rings (SSSR count). The van der Waals surface area contributed by atoms with E-state index in [2.05, 4.69) is 25.8 Å². The maximum atomic E-state index is 8.32.